The maximum Gasteiger partial charge on any atom is 0.270 e. The molecule has 3 aromatic rings. The van der Waals surface area contributed by atoms with Crippen molar-refractivity contribution in [2.45, 2.75) is 0 Å². The second kappa shape index (κ2) is 4.66. The fourth-order valence-electron chi connectivity index (χ4n) is 2.31. The molecule has 0 unspecified atom stereocenters. The Morgan fingerprint density at radius 1 is 0.900 bits per heavy atom. The predicted molar refractivity (Wildman–Crippen MR) is 77.7 cm³/mol. The third kappa shape index (κ3) is 1.97. The molecule has 0 bridgehead atoms. The van der Waals surface area contributed by atoms with E-state index >= 15 is 0 Å². The zero-order valence-electron chi connectivity index (χ0n) is 10.5. The van der Waals surface area contributed by atoms with Crippen molar-refractivity contribution in [2.75, 3.05) is 0 Å². The molecule has 1 N–H and O–H groups in total. The van der Waals surface area contributed by atoms with E-state index in [-0.39, 0.29) is 11.4 Å². The maximum absolute atomic E-state index is 10.9. The van der Waals surface area contributed by atoms with Crippen LogP contribution in [-0.2, 0) is 0 Å². The number of rotatable bonds is 2. The first-order valence-corrected chi connectivity index (χ1v) is 6.12. The van der Waals surface area contributed by atoms with Gasteiger partial charge in [0, 0.05) is 17.7 Å². The molecular formula is C16H11NO3. The molecule has 0 fully saturated rings. The van der Waals surface area contributed by atoms with Crippen molar-refractivity contribution in [1.29, 1.82) is 0 Å². The number of nitro benzene ring substituents is 1. The summed E-state index contributed by atoms with van der Waals surface area (Å²) in [5.41, 5.74) is 1.21. The molecule has 0 saturated heterocycles. The van der Waals surface area contributed by atoms with E-state index in [4.69, 9.17) is 0 Å². The fourth-order valence-corrected chi connectivity index (χ4v) is 2.31. The molecule has 0 atom stereocenters. The van der Waals surface area contributed by atoms with Crippen molar-refractivity contribution < 1.29 is 10.0 Å². The summed E-state index contributed by atoms with van der Waals surface area (Å²) in [6, 6.07) is 17.5. The van der Waals surface area contributed by atoms with Crippen LogP contribution in [0, 0.1) is 10.1 Å². The second-order valence-corrected chi connectivity index (χ2v) is 4.49. The lowest BCUT2D eigenvalue weighted by molar-refractivity contribution is -0.384. The molecule has 98 valence electrons. The smallest absolute Gasteiger partial charge is 0.270 e. The molecule has 0 aliphatic heterocycles. The van der Waals surface area contributed by atoms with E-state index in [1.54, 1.807) is 0 Å². The Balaban J connectivity index is 2.30. The predicted octanol–water partition coefficient (Wildman–Crippen LogP) is 4.12. The van der Waals surface area contributed by atoms with Gasteiger partial charge in [0.2, 0.25) is 0 Å². The number of phenolic OH excluding ortho intramolecular Hbond substituents is 1. The maximum atomic E-state index is 10.9. The number of nitro groups is 1. The average molecular weight is 265 g/mol. The van der Waals surface area contributed by atoms with Crippen LogP contribution in [0.15, 0.2) is 60.7 Å². The van der Waals surface area contributed by atoms with Crippen LogP contribution in [0.4, 0.5) is 5.69 Å². The van der Waals surface area contributed by atoms with Crippen molar-refractivity contribution in [3.8, 4) is 16.9 Å². The monoisotopic (exact) mass is 265 g/mol. The molecule has 0 saturated carbocycles. The van der Waals surface area contributed by atoms with Crippen LogP contribution in [0.2, 0.25) is 0 Å². The standard InChI is InChI=1S/C16H11NO3/c18-16-9-8-12(17(19)20)10-15(16)14-7-3-5-11-4-1-2-6-13(11)14/h1-10,18H. The summed E-state index contributed by atoms with van der Waals surface area (Å²) in [5.74, 6) is 0.0342. The van der Waals surface area contributed by atoms with E-state index in [1.165, 1.54) is 18.2 Å². The zero-order valence-corrected chi connectivity index (χ0v) is 10.5. The normalized spacial score (nSPS) is 10.6. The highest BCUT2D eigenvalue weighted by Crippen LogP contribution is 2.36. The first-order valence-electron chi connectivity index (χ1n) is 6.12. The Kier molecular flexibility index (Phi) is 2.84. The van der Waals surface area contributed by atoms with E-state index in [0.29, 0.717) is 5.56 Å². The topological polar surface area (TPSA) is 63.4 Å². The molecule has 0 heterocycles. The van der Waals surface area contributed by atoms with Gasteiger partial charge in [-0.05, 0) is 22.4 Å². The molecule has 3 rings (SSSR count). The first kappa shape index (κ1) is 12.2. The highest BCUT2D eigenvalue weighted by molar-refractivity contribution is 5.98. The average Bonchev–Trinajstić information content (AvgIpc) is 2.47. The Hall–Kier alpha value is -2.88. The van der Waals surface area contributed by atoms with Gasteiger partial charge >= 0.3 is 0 Å². The van der Waals surface area contributed by atoms with Crippen LogP contribution >= 0.6 is 0 Å². The lowest BCUT2D eigenvalue weighted by Gasteiger charge is -2.08. The van der Waals surface area contributed by atoms with Crippen LogP contribution < -0.4 is 0 Å². The number of fused-ring (bicyclic) bond motifs is 1. The summed E-state index contributed by atoms with van der Waals surface area (Å²) in [6.45, 7) is 0. The van der Waals surface area contributed by atoms with Gasteiger partial charge in [-0.15, -0.1) is 0 Å². The van der Waals surface area contributed by atoms with Gasteiger partial charge in [-0.25, -0.2) is 0 Å². The summed E-state index contributed by atoms with van der Waals surface area (Å²) >= 11 is 0. The van der Waals surface area contributed by atoms with Crippen molar-refractivity contribution in [1.82, 2.24) is 0 Å². The van der Waals surface area contributed by atoms with Crippen LogP contribution in [0.25, 0.3) is 21.9 Å². The summed E-state index contributed by atoms with van der Waals surface area (Å²) in [6.07, 6.45) is 0. The number of non-ortho nitro benzene ring substituents is 1. The lowest BCUT2D eigenvalue weighted by Crippen LogP contribution is -1.89. The molecule has 20 heavy (non-hydrogen) atoms. The minimum Gasteiger partial charge on any atom is -0.507 e. The molecule has 3 aromatic carbocycles. The quantitative estimate of drug-likeness (QED) is 0.560. The number of hydrogen-bond acceptors (Lipinski definition) is 3. The Morgan fingerprint density at radius 3 is 2.45 bits per heavy atom. The molecular weight excluding hydrogens is 254 g/mol. The largest absolute Gasteiger partial charge is 0.507 e. The van der Waals surface area contributed by atoms with Crippen molar-refractivity contribution in [3.63, 3.8) is 0 Å². The summed E-state index contributed by atoms with van der Waals surface area (Å²) in [7, 11) is 0. The lowest BCUT2D eigenvalue weighted by atomic mass is 9.97. The first-order chi connectivity index (χ1) is 9.66. The van der Waals surface area contributed by atoms with Gasteiger partial charge in [-0.3, -0.25) is 10.1 Å². The molecule has 4 heteroatoms. The van der Waals surface area contributed by atoms with Gasteiger partial charge in [-0.1, -0.05) is 42.5 Å². The highest BCUT2D eigenvalue weighted by atomic mass is 16.6. The van der Waals surface area contributed by atoms with Crippen molar-refractivity contribution >= 4 is 16.5 Å². The van der Waals surface area contributed by atoms with Gasteiger partial charge in [0.25, 0.3) is 5.69 Å². The zero-order chi connectivity index (χ0) is 14.1. The molecule has 0 radical (unpaired) electrons. The van der Waals surface area contributed by atoms with E-state index in [9.17, 15) is 15.2 Å². The van der Waals surface area contributed by atoms with Gasteiger partial charge in [0.05, 0.1) is 4.92 Å². The molecule has 0 aromatic heterocycles. The van der Waals surface area contributed by atoms with E-state index in [0.717, 1.165) is 16.3 Å². The number of phenols is 1. The third-order valence-electron chi connectivity index (χ3n) is 3.27. The second-order valence-electron chi connectivity index (χ2n) is 4.49. The van der Waals surface area contributed by atoms with Crippen LogP contribution in [0.1, 0.15) is 0 Å². The molecule has 0 amide bonds. The van der Waals surface area contributed by atoms with Crippen LogP contribution in [-0.4, -0.2) is 10.0 Å². The Morgan fingerprint density at radius 2 is 1.65 bits per heavy atom. The number of aromatic hydroxyl groups is 1. The number of benzene rings is 3. The van der Waals surface area contributed by atoms with Gasteiger partial charge in [0.1, 0.15) is 5.75 Å². The van der Waals surface area contributed by atoms with Gasteiger partial charge in [0.15, 0.2) is 0 Å². The van der Waals surface area contributed by atoms with Gasteiger partial charge in [-0.2, -0.15) is 0 Å². The number of hydrogen-bond donors (Lipinski definition) is 1. The van der Waals surface area contributed by atoms with Crippen molar-refractivity contribution in [3.05, 3.63) is 70.8 Å². The molecule has 0 spiro atoms. The van der Waals surface area contributed by atoms with Crippen LogP contribution in [0.3, 0.4) is 0 Å². The summed E-state index contributed by atoms with van der Waals surface area (Å²) in [4.78, 5) is 10.4. The van der Waals surface area contributed by atoms with Crippen LogP contribution in [0.5, 0.6) is 5.75 Å². The highest BCUT2D eigenvalue weighted by Gasteiger charge is 2.13. The summed E-state index contributed by atoms with van der Waals surface area (Å²) in [5, 5.41) is 22.9. The fraction of sp³-hybridized carbons (Fsp3) is 0. The Labute approximate surface area is 115 Å². The minimum absolute atomic E-state index is 0.0342. The van der Waals surface area contributed by atoms with Gasteiger partial charge < -0.3 is 5.11 Å². The number of nitrogens with zero attached hydrogens (tertiary/aromatic N) is 1. The van der Waals surface area contributed by atoms with Crippen molar-refractivity contribution in [2.24, 2.45) is 0 Å². The molecule has 4 nitrogen and oxygen atoms in total. The summed E-state index contributed by atoms with van der Waals surface area (Å²) < 4.78 is 0. The molecule has 0 aliphatic carbocycles. The minimum atomic E-state index is -0.464. The van der Waals surface area contributed by atoms with E-state index in [2.05, 4.69) is 0 Å². The van der Waals surface area contributed by atoms with E-state index in [1.807, 2.05) is 42.5 Å². The molecule has 0 aliphatic rings. The van der Waals surface area contributed by atoms with E-state index < -0.39 is 4.92 Å². The SMILES string of the molecule is O=[N+]([O-])c1ccc(O)c(-c2cccc3ccccc23)c1. The third-order valence-corrected chi connectivity index (χ3v) is 3.27. The Bertz CT molecular complexity index is 806.